The van der Waals surface area contributed by atoms with Crippen LogP contribution in [0.15, 0.2) is 12.7 Å². The second-order valence-electron chi connectivity index (χ2n) is 3.07. The van der Waals surface area contributed by atoms with Gasteiger partial charge in [0.05, 0.1) is 6.61 Å². The topological polar surface area (TPSA) is 89.7 Å². The van der Waals surface area contributed by atoms with Crippen molar-refractivity contribution < 1.29 is 19.6 Å². The molecule has 0 bridgehead atoms. The molecule has 0 spiro atoms. The van der Waals surface area contributed by atoms with Crippen molar-refractivity contribution in [1.82, 2.24) is 0 Å². The van der Waals surface area contributed by atoms with Gasteiger partial charge in [-0.2, -0.15) is 0 Å². The van der Waals surface area contributed by atoms with Crippen LogP contribution in [0.25, 0.3) is 0 Å². The number of allylic oxidation sites excluding steroid dienone is 1. The molecule has 0 rings (SSSR count). The molecular formula is C9H15NO5. The fraction of sp³-hybridized carbons (Fsp3) is 0.667. The van der Waals surface area contributed by atoms with Gasteiger partial charge in [0, 0.05) is 4.92 Å². The van der Waals surface area contributed by atoms with Gasteiger partial charge in [0.2, 0.25) is 12.1 Å². The monoisotopic (exact) mass is 217 g/mol. The van der Waals surface area contributed by atoms with Crippen LogP contribution >= 0.6 is 0 Å². The Kier molecular flexibility index (Phi) is 5.54. The minimum Gasteiger partial charge on any atom is -0.464 e. The summed E-state index contributed by atoms with van der Waals surface area (Å²) >= 11 is 0. The highest BCUT2D eigenvalue weighted by Crippen LogP contribution is 2.16. The lowest BCUT2D eigenvalue weighted by molar-refractivity contribution is -0.497. The Bertz CT molecular complexity index is 253. The fourth-order valence-corrected chi connectivity index (χ4v) is 1.07. The number of rotatable bonds is 7. The van der Waals surface area contributed by atoms with Crippen LogP contribution in [0.5, 0.6) is 0 Å². The number of nitro groups is 1. The summed E-state index contributed by atoms with van der Waals surface area (Å²) in [7, 11) is 0. The predicted molar refractivity (Wildman–Crippen MR) is 52.9 cm³/mol. The summed E-state index contributed by atoms with van der Waals surface area (Å²) in [5.74, 6) is -0.955. The Morgan fingerprint density at radius 2 is 2.33 bits per heavy atom. The molecule has 0 amide bonds. The lowest BCUT2D eigenvalue weighted by atomic mass is 9.98. The standard InChI is InChI=1S/C9H15NO5/c1-3-5-6-9(12,7-10(13)14)8(11)15-4-2/h3,12H,1,4-7H2,2H3/t9-/m1/s1. The van der Waals surface area contributed by atoms with E-state index >= 15 is 0 Å². The normalized spacial score (nSPS) is 14.0. The zero-order valence-corrected chi connectivity index (χ0v) is 8.64. The molecule has 86 valence electrons. The number of nitrogens with zero attached hydrogens (tertiary/aromatic N) is 1. The van der Waals surface area contributed by atoms with Crippen molar-refractivity contribution in [2.45, 2.75) is 25.4 Å². The largest absolute Gasteiger partial charge is 0.464 e. The van der Waals surface area contributed by atoms with Gasteiger partial charge in [-0.15, -0.1) is 6.58 Å². The summed E-state index contributed by atoms with van der Waals surface area (Å²) in [6.45, 7) is 4.21. The number of hydrogen-bond donors (Lipinski definition) is 1. The highest BCUT2D eigenvalue weighted by atomic mass is 16.6. The number of hydrogen-bond acceptors (Lipinski definition) is 5. The maximum Gasteiger partial charge on any atom is 0.345 e. The number of carbonyl (C=O) groups excluding carboxylic acids is 1. The van der Waals surface area contributed by atoms with E-state index in [1.807, 2.05) is 0 Å². The third kappa shape index (κ3) is 4.55. The quantitative estimate of drug-likeness (QED) is 0.290. The number of esters is 1. The first kappa shape index (κ1) is 13.6. The molecule has 0 aliphatic rings. The van der Waals surface area contributed by atoms with Crippen LogP contribution < -0.4 is 0 Å². The van der Waals surface area contributed by atoms with Crippen LogP contribution in [-0.2, 0) is 9.53 Å². The summed E-state index contributed by atoms with van der Waals surface area (Å²) in [4.78, 5) is 20.9. The first-order chi connectivity index (χ1) is 6.96. The zero-order chi connectivity index (χ0) is 11.9. The van der Waals surface area contributed by atoms with Crippen molar-refractivity contribution in [2.75, 3.05) is 13.2 Å². The summed E-state index contributed by atoms with van der Waals surface area (Å²) < 4.78 is 4.58. The first-order valence-electron chi connectivity index (χ1n) is 4.58. The van der Waals surface area contributed by atoms with Gasteiger partial charge in [-0.25, -0.2) is 4.79 Å². The minimum absolute atomic E-state index is 0.0592. The molecule has 0 fully saturated rings. The Hall–Kier alpha value is -1.43. The molecule has 0 aromatic carbocycles. The SMILES string of the molecule is C=CCC[C@@](O)(C[N+](=O)[O-])C(=O)OCC. The van der Waals surface area contributed by atoms with Gasteiger partial charge < -0.3 is 9.84 Å². The second-order valence-corrected chi connectivity index (χ2v) is 3.07. The smallest absolute Gasteiger partial charge is 0.345 e. The molecule has 6 nitrogen and oxygen atoms in total. The lowest BCUT2D eigenvalue weighted by Crippen LogP contribution is -2.46. The Labute approximate surface area is 87.7 Å². The van der Waals surface area contributed by atoms with Gasteiger partial charge in [0.25, 0.3) is 0 Å². The number of carbonyl (C=O) groups is 1. The van der Waals surface area contributed by atoms with Gasteiger partial charge >= 0.3 is 5.97 Å². The van der Waals surface area contributed by atoms with Crippen LogP contribution in [0.4, 0.5) is 0 Å². The lowest BCUT2D eigenvalue weighted by Gasteiger charge is -2.20. The van der Waals surface area contributed by atoms with E-state index in [2.05, 4.69) is 11.3 Å². The van der Waals surface area contributed by atoms with Crippen LogP contribution in [-0.4, -0.2) is 34.8 Å². The van der Waals surface area contributed by atoms with Gasteiger partial charge in [-0.3, -0.25) is 10.1 Å². The molecule has 0 aromatic heterocycles. The van der Waals surface area contributed by atoms with E-state index in [0.29, 0.717) is 6.42 Å². The van der Waals surface area contributed by atoms with Crippen LogP contribution in [0.3, 0.4) is 0 Å². The van der Waals surface area contributed by atoms with Crippen LogP contribution in [0, 0.1) is 10.1 Å². The molecule has 6 heteroatoms. The van der Waals surface area contributed by atoms with Crippen molar-refractivity contribution in [2.24, 2.45) is 0 Å². The van der Waals surface area contributed by atoms with Crippen LogP contribution in [0.1, 0.15) is 19.8 Å². The fourth-order valence-electron chi connectivity index (χ4n) is 1.07. The van der Waals surface area contributed by atoms with Crippen molar-refractivity contribution in [3.8, 4) is 0 Å². The van der Waals surface area contributed by atoms with E-state index in [1.54, 1.807) is 6.92 Å². The summed E-state index contributed by atoms with van der Waals surface area (Å²) in [5.41, 5.74) is -2.05. The van der Waals surface area contributed by atoms with E-state index in [0.717, 1.165) is 0 Å². The van der Waals surface area contributed by atoms with E-state index in [9.17, 15) is 20.0 Å². The number of ether oxygens (including phenoxy) is 1. The molecule has 1 atom stereocenters. The first-order valence-corrected chi connectivity index (χ1v) is 4.58. The summed E-state index contributed by atoms with van der Waals surface area (Å²) in [5, 5.41) is 20.0. The van der Waals surface area contributed by atoms with Crippen molar-refractivity contribution >= 4 is 5.97 Å². The summed E-state index contributed by atoms with van der Waals surface area (Å²) in [6.07, 6.45) is 1.73. The Balaban J connectivity index is 4.58. The third-order valence-corrected chi connectivity index (χ3v) is 1.81. The molecule has 0 aliphatic heterocycles. The molecule has 0 radical (unpaired) electrons. The third-order valence-electron chi connectivity index (χ3n) is 1.81. The molecular weight excluding hydrogens is 202 g/mol. The molecule has 0 unspecified atom stereocenters. The van der Waals surface area contributed by atoms with E-state index < -0.39 is 23.0 Å². The second kappa shape index (κ2) is 6.13. The molecule has 15 heavy (non-hydrogen) atoms. The Morgan fingerprint density at radius 3 is 2.73 bits per heavy atom. The predicted octanol–water partition coefficient (Wildman–Crippen LogP) is 0.524. The number of aliphatic hydroxyl groups is 1. The van der Waals surface area contributed by atoms with Crippen molar-refractivity contribution in [1.29, 1.82) is 0 Å². The molecule has 0 heterocycles. The van der Waals surface area contributed by atoms with Crippen molar-refractivity contribution in [3.63, 3.8) is 0 Å². The maximum absolute atomic E-state index is 11.3. The van der Waals surface area contributed by atoms with Crippen molar-refractivity contribution in [3.05, 3.63) is 22.8 Å². The summed E-state index contributed by atoms with van der Waals surface area (Å²) in [6, 6.07) is 0. The molecule has 0 aliphatic carbocycles. The van der Waals surface area contributed by atoms with E-state index in [1.165, 1.54) is 6.08 Å². The van der Waals surface area contributed by atoms with Gasteiger partial charge in [-0.05, 0) is 19.8 Å². The van der Waals surface area contributed by atoms with Gasteiger partial charge in [0.1, 0.15) is 0 Å². The van der Waals surface area contributed by atoms with Gasteiger partial charge in [0.15, 0.2) is 0 Å². The highest BCUT2D eigenvalue weighted by molar-refractivity contribution is 5.79. The molecule has 1 N–H and O–H groups in total. The average Bonchev–Trinajstić information content (AvgIpc) is 2.14. The minimum atomic E-state index is -2.05. The average molecular weight is 217 g/mol. The maximum atomic E-state index is 11.3. The highest BCUT2D eigenvalue weighted by Gasteiger charge is 2.42. The molecule has 0 saturated heterocycles. The van der Waals surface area contributed by atoms with Gasteiger partial charge in [-0.1, -0.05) is 6.08 Å². The van der Waals surface area contributed by atoms with E-state index in [-0.39, 0.29) is 13.0 Å². The van der Waals surface area contributed by atoms with Crippen LogP contribution in [0.2, 0.25) is 0 Å². The van der Waals surface area contributed by atoms with E-state index in [4.69, 9.17) is 0 Å². The molecule has 0 aromatic rings. The molecule has 0 saturated carbocycles. The zero-order valence-electron chi connectivity index (χ0n) is 8.64. The Morgan fingerprint density at radius 1 is 1.73 bits per heavy atom.